The highest BCUT2D eigenvalue weighted by atomic mass is 16.1. The average molecular weight is 288 g/mol. The van der Waals surface area contributed by atoms with Crippen LogP contribution >= 0.6 is 0 Å². The number of nitrogens with two attached hydrogens (primary N) is 1. The first-order valence-corrected chi connectivity index (χ1v) is 7.08. The summed E-state index contributed by atoms with van der Waals surface area (Å²) in [6.07, 6.45) is 1.77. The van der Waals surface area contributed by atoms with Crippen molar-refractivity contribution in [3.05, 3.63) is 78.0 Å². The van der Waals surface area contributed by atoms with Crippen LogP contribution in [0.25, 0.3) is 22.4 Å². The molecule has 3 aromatic rings. The molecule has 0 aliphatic heterocycles. The van der Waals surface area contributed by atoms with Crippen molar-refractivity contribution in [1.82, 2.24) is 4.98 Å². The Bertz CT molecular complexity index is 826. The predicted octanol–water partition coefficient (Wildman–Crippen LogP) is 3.82. The summed E-state index contributed by atoms with van der Waals surface area (Å²) in [5.74, 6) is -0.418. The van der Waals surface area contributed by atoms with Gasteiger partial charge in [0.1, 0.15) is 0 Å². The largest absolute Gasteiger partial charge is 0.366 e. The van der Waals surface area contributed by atoms with Crippen molar-refractivity contribution < 1.29 is 4.79 Å². The summed E-state index contributed by atoms with van der Waals surface area (Å²) >= 11 is 0. The smallest absolute Gasteiger partial charge is 0.249 e. The van der Waals surface area contributed by atoms with Gasteiger partial charge >= 0.3 is 0 Å². The van der Waals surface area contributed by atoms with Crippen LogP contribution < -0.4 is 5.73 Å². The lowest BCUT2D eigenvalue weighted by Gasteiger charge is -2.12. The molecule has 1 heterocycles. The van der Waals surface area contributed by atoms with Crippen LogP contribution in [0.3, 0.4) is 0 Å². The molecule has 2 aromatic carbocycles. The molecular formula is C19H16N2O. The van der Waals surface area contributed by atoms with E-state index in [1.807, 2.05) is 55.5 Å². The van der Waals surface area contributed by atoms with E-state index in [0.29, 0.717) is 5.56 Å². The van der Waals surface area contributed by atoms with Gasteiger partial charge in [0.25, 0.3) is 0 Å². The van der Waals surface area contributed by atoms with E-state index < -0.39 is 5.91 Å². The second-order valence-corrected chi connectivity index (χ2v) is 5.15. The minimum absolute atomic E-state index is 0.418. The monoisotopic (exact) mass is 288 g/mol. The number of benzene rings is 2. The summed E-state index contributed by atoms with van der Waals surface area (Å²) in [5, 5.41) is 0. The SMILES string of the molecule is Cc1ccc(-c2ccccn2)cc1-c1ccccc1C(N)=O. The van der Waals surface area contributed by atoms with Crippen molar-refractivity contribution in [2.24, 2.45) is 5.73 Å². The second-order valence-electron chi connectivity index (χ2n) is 5.15. The number of nitrogens with zero attached hydrogens (tertiary/aromatic N) is 1. The topological polar surface area (TPSA) is 56.0 Å². The van der Waals surface area contributed by atoms with E-state index in [1.165, 1.54) is 0 Å². The zero-order valence-corrected chi connectivity index (χ0v) is 12.3. The molecular weight excluding hydrogens is 272 g/mol. The van der Waals surface area contributed by atoms with E-state index >= 15 is 0 Å². The van der Waals surface area contributed by atoms with Crippen LogP contribution in [0.15, 0.2) is 66.9 Å². The maximum absolute atomic E-state index is 11.7. The highest BCUT2D eigenvalue weighted by molar-refractivity contribution is 6.00. The fraction of sp³-hybridized carbons (Fsp3) is 0.0526. The molecule has 0 fully saturated rings. The van der Waals surface area contributed by atoms with E-state index in [9.17, 15) is 4.79 Å². The first kappa shape index (κ1) is 14.0. The maximum Gasteiger partial charge on any atom is 0.249 e. The van der Waals surface area contributed by atoms with Crippen LogP contribution in [0.4, 0.5) is 0 Å². The standard InChI is InChI=1S/C19H16N2O/c1-13-9-10-14(18-8-4-5-11-21-18)12-17(13)15-6-2-3-7-16(15)19(20)22/h2-12H,1H3,(H2,20,22). The van der Waals surface area contributed by atoms with Gasteiger partial charge in [-0.15, -0.1) is 0 Å². The maximum atomic E-state index is 11.7. The summed E-state index contributed by atoms with van der Waals surface area (Å²) in [4.78, 5) is 16.1. The Labute approximate surface area is 129 Å². The third-order valence-corrected chi connectivity index (χ3v) is 3.68. The highest BCUT2D eigenvalue weighted by Gasteiger charge is 2.12. The van der Waals surface area contributed by atoms with Gasteiger partial charge in [-0.3, -0.25) is 9.78 Å². The fourth-order valence-electron chi connectivity index (χ4n) is 2.54. The summed E-state index contributed by atoms with van der Waals surface area (Å²) in [5.41, 5.74) is 10.9. The number of hydrogen-bond acceptors (Lipinski definition) is 2. The molecule has 22 heavy (non-hydrogen) atoms. The van der Waals surface area contributed by atoms with Crippen LogP contribution in [0, 0.1) is 6.92 Å². The summed E-state index contributed by atoms with van der Waals surface area (Å²) < 4.78 is 0. The quantitative estimate of drug-likeness (QED) is 0.796. The molecule has 108 valence electrons. The molecule has 0 unspecified atom stereocenters. The number of hydrogen-bond donors (Lipinski definition) is 1. The fourth-order valence-corrected chi connectivity index (χ4v) is 2.54. The normalized spacial score (nSPS) is 10.4. The Balaban J connectivity index is 2.18. The van der Waals surface area contributed by atoms with Crippen molar-refractivity contribution in [2.45, 2.75) is 6.92 Å². The van der Waals surface area contributed by atoms with E-state index in [0.717, 1.165) is 27.9 Å². The first-order valence-electron chi connectivity index (χ1n) is 7.08. The average Bonchev–Trinajstić information content (AvgIpc) is 2.56. The molecule has 0 saturated heterocycles. The van der Waals surface area contributed by atoms with Gasteiger partial charge in [0.05, 0.1) is 5.69 Å². The van der Waals surface area contributed by atoms with Crippen molar-refractivity contribution in [3.8, 4) is 22.4 Å². The van der Waals surface area contributed by atoms with Crippen molar-refractivity contribution >= 4 is 5.91 Å². The van der Waals surface area contributed by atoms with Gasteiger partial charge in [-0.25, -0.2) is 0 Å². The van der Waals surface area contributed by atoms with E-state index in [4.69, 9.17) is 5.73 Å². The Morgan fingerprint density at radius 2 is 1.73 bits per heavy atom. The van der Waals surface area contributed by atoms with Crippen molar-refractivity contribution in [3.63, 3.8) is 0 Å². The van der Waals surface area contributed by atoms with Gasteiger partial charge in [0.2, 0.25) is 5.91 Å². The first-order chi connectivity index (χ1) is 10.7. The molecule has 0 atom stereocenters. The number of primary amides is 1. The Kier molecular flexibility index (Phi) is 3.71. The molecule has 0 aliphatic rings. The van der Waals surface area contributed by atoms with Crippen LogP contribution in [-0.4, -0.2) is 10.9 Å². The summed E-state index contributed by atoms with van der Waals surface area (Å²) in [6.45, 7) is 2.02. The number of rotatable bonds is 3. The minimum Gasteiger partial charge on any atom is -0.366 e. The minimum atomic E-state index is -0.418. The summed E-state index contributed by atoms with van der Waals surface area (Å²) in [7, 11) is 0. The predicted molar refractivity (Wildman–Crippen MR) is 88.4 cm³/mol. The summed E-state index contributed by atoms with van der Waals surface area (Å²) in [6, 6.07) is 19.4. The number of amides is 1. The molecule has 3 nitrogen and oxygen atoms in total. The van der Waals surface area contributed by atoms with Gasteiger partial charge in [0, 0.05) is 17.3 Å². The number of pyridine rings is 1. The van der Waals surface area contributed by atoms with Gasteiger partial charge in [-0.2, -0.15) is 0 Å². The van der Waals surface area contributed by atoms with Gasteiger partial charge in [-0.05, 0) is 47.9 Å². The molecule has 1 aromatic heterocycles. The van der Waals surface area contributed by atoms with E-state index in [2.05, 4.69) is 11.1 Å². The highest BCUT2D eigenvalue weighted by Crippen LogP contribution is 2.30. The molecule has 0 aliphatic carbocycles. The van der Waals surface area contributed by atoms with Gasteiger partial charge in [-0.1, -0.05) is 36.4 Å². The molecule has 0 bridgehead atoms. The van der Waals surface area contributed by atoms with Crippen LogP contribution in [0.2, 0.25) is 0 Å². The molecule has 0 radical (unpaired) electrons. The molecule has 1 amide bonds. The zero-order chi connectivity index (χ0) is 15.5. The van der Waals surface area contributed by atoms with E-state index in [-0.39, 0.29) is 0 Å². The second kappa shape index (κ2) is 5.82. The molecule has 0 spiro atoms. The Hall–Kier alpha value is -2.94. The zero-order valence-electron chi connectivity index (χ0n) is 12.3. The lowest BCUT2D eigenvalue weighted by atomic mass is 9.93. The van der Waals surface area contributed by atoms with Gasteiger partial charge < -0.3 is 5.73 Å². The molecule has 0 saturated carbocycles. The van der Waals surface area contributed by atoms with Crippen LogP contribution in [0.1, 0.15) is 15.9 Å². The lowest BCUT2D eigenvalue weighted by Crippen LogP contribution is -2.12. The number of carbonyl (C=O) groups excluding carboxylic acids is 1. The van der Waals surface area contributed by atoms with Crippen molar-refractivity contribution in [2.75, 3.05) is 0 Å². The lowest BCUT2D eigenvalue weighted by molar-refractivity contribution is 0.100. The Morgan fingerprint density at radius 1 is 0.955 bits per heavy atom. The molecule has 3 rings (SSSR count). The number of aromatic nitrogens is 1. The van der Waals surface area contributed by atoms with Gasteiger partial charge in [0.15, 0.2) is 0 Å². The molecule has 3 heteroatoms. The Morgan fingerprint density at radius 3 is 2.45 bits per heavy atom. The molecule has 2 N–H and O–H groups in total. The van der Waals surface area contributed by atoms with Crippen molar-refractivity contribution in [1.29, 1.82) is 0 Å². The van der Waals surface area contributed by atoms with E-state index in [1.54, 1.807) is 12.3 Å². The third-order valence-electron chi connectivity index (χ3n) is 3.68. The third kappa shape index (κ3) is 2.61. The van der Waals surface area contributed by atoms with Crippen LogP contribution in [0.5, 0.6) is 0 Å². The number of aryl methyl sites for hydroxylation is 1. The van der Waals surface area contributed by atoms with Crippen LogP contribution in [-0.2, 0) is 0 Å². The number of carbonyl (C=O) groups is 1.